The molecule has 4 heteroatoms. The molecule has 5 atom stereocenters. The number of ether oxygens (including phenoxy) is 1. The standard InChI is InChI=1S/C35H48N2O2/c1-4-22-37-33-21-19-29(34(37)20-14-25(33)2)24-32(28-10-9-13-31(23-28)39-3)26-15-17-27(18-16-26)35(38)36-30-11-7-5-6-8-12-30/h4,9-10,13,15-18,23,25,29-30,32-34H,1,5-8,11-12,14,19-22,24H2,2-3H3,(H,36,38). The average Bonchev–Trinajstić information content (AvgIpc) is 3.23. The fourth-order valence-corrected chi connectivity index (χ4v) is 7.78. The van der Waals surface area contributed by atoms with Gasteiger partial charge in [0, 0.05) is 36.2 Å². The van der Waals surface area contributed by atoms with E-state index in [0.29, 0.717) is 24.0 Å². The molecule has 2 heterocycles. The Morgan fingerprint density at radius 3 is 2.44 bits per heavy atom. The zero-order valence-corrected chi connectivity index (χ0v) is 24.1. The Bertz CT molecular complexity index is 1090. The largest absolute Gasteiger partial charge is 0.497 e. The number of fused-ring (bicyclic) bond motifs is 2. The van der Waals surface area contributed by atoms with E-state index in [1.165, 1.54) is 62.5 Å². The molecule has 1 aliphatic carbocycles. The highest BCUT2D eigenvalue weighted by atomic mass is 16.5. The molecule has 210 valence electrons. The quantitative estimate of drug-likeness (QED) is 0.267. The van der Waals surface area contributed by atoms with Crippen LogP contribution in [0.5, 0.6) is 5.75 Å². The van der Waals surface area contributed by atoms with Crippen LogP contribution >= 0.6 is 0 Å². The number of hydrogen-bond acceptors (Lipinski definition) is 3. The molecule has 2 aromatic carbocycles. The molecule has 0 radical (unpaired) electrons. The van der Waals surface area contributed by atoms with Gasteiger partial charge in [0.2, 0.25) is 0 Å². The second-order valence-electron chi connectivity index (χ2n) is 12.4. The fraction of sp³-hybridized carbons (Fsp3) is 0.571. The van der Waals surface area contributed by atoms with Crippen LogP contribution in [0.15, 0.2) is 61.2 Å². The SMILES string of the molecule is C=CCN1C2CCC(CC(c3ccc(C(=O)NC4CCCCCC4)cc3)c3cccc(OC)c3)C1CCC2C. The number of carbonyl (C=O) groups is 1. The molecule has 3 fully saturated rings. The highest BCUT2D eigenvalue weighted by molar-refractivity contribution is 5.94. The van der Waals surface area contributed by atoms with Crippen molar-refractivity contribution in [2.45, 2.75) is 102 Å². The van der Waals surface area contributed by atoms with Crippen LogP contribution in [0.1, 0.15) is 105 Å². The van der Waals surface area contributed by atoms with Crippen LogP contribution in [-0.4, -0.2) is 42.6 Å². The maximum absolute atomic E-state index is 13.1. The van der Waals surface area contributed by atoms with Crippen LogP contribution in [0.4, 0.5) is 0 Å². The molecule has 2 aliphatic heterocycles. The van der Waals surface area contributed by atoms with Crippen molar-refractivity contribution < 1.29 is 9.53 Å². The summed E-state index contributed by atoms with van der Waals surface area (Å²) in [6.45, 7) is 7.51. The van der Waals surface area contributed by atoms with E-state index in [9.17, 15) is 4.79 Å². The molecular formula is C35H48N2O2. The van der Waals surface area contributed by atoms with E-state index in [1.54, 1.807) is 7.11 Å². The number of benzene rings is 2. The summed E-state index contributed by atoms with van der Waals surface area (Å²) in [7, 11) is 1.74. The Kier molecular flexibility index (Phi) is 9.45. The summed E-state index contributed by atoms with van der Waals surface area (Å²) in [6.07, 6.45) is 15.6. The van der Waals surface area contributed by atoms with E-state index in [1.807, 2.05) is 18.2 Å². The van der Waals surface area contributed by atoms with Crippen molar-refractivity contribution in [2.75, 3.05) is 13.7 Å². The number of nitrogens with zero attached hydrogens (tertiary/aromatic N) is 1. The van der Waals surface area contributed by atoms with E-state index in [0.717, 1.165) is 43.0 Å². The molecule has 39 heavy (non-hydrogen) atoms. The zero-order valence-electron chi connectivity index (χ0n) is 24.1. The van der Waals surface area contributed by atoms with Crippen LogP contribution in [0.3, 0.4) is 0 Å². The van der Waals surface area contributed by atoms with Gasteiger partial charge >= 0.3 is 0 Å². The molecule has 2 saturated heterocycles. The molecule has 1 N–H and O–H groups in total. The lowest BCUT2D eigenvalue weighted by Gasteiger charge is -2.53. The number of piperidine rings is 2. The summed E-state index contributed by atoms with van der Waals surface area (Å²) in [6, 6.07) is 18.7. The molecule has 5 rings (SSSR count). The van der Waals surface area contributed by atoms with Gasteiger partial charge in [-0.1, -0.05) is 62.9 Å². The first-order valence-electron chi connectivity index (χ1n) is 15.5. The summed E-state index contributed by atoms with van der Waals surface area (Å²) in [5.41, 5.74) is 3.36. The molecule has 2 aromatic rings. The van der Waals surface area contributed by atoms with E-state index < -0.39 is 0 Å². The second-order valence-corrected chi connectivity index (χ2v) is 12.4. The molecule has 3 aliphatic rings. The van der Waals surface area contributed by atoms with Gasteiger partial charge in [-0.15, -0.1) is 6.58 Å². The molecular weight excluding hydrogens is 480 g/mol. The van der Waals surface area contributed by atoms with Crippen LogP contribution in [0, 0.1) is 11.8 Å². The van der Waals surface area contributed by atoms with Gasteiger partial charge in [-0.05, 0) is 92.2 Å². The lowest BCUT2D eigenvalue weighted by Crippen LogP contribution is -2.56. The van der Waals surface area contributed by atoms with E-state index in [-0.39, 0.29) is 11.8 Å². The van der Waals surface area contributed by atoms with Crippen molar-refractivity contribution in [1.29, 1.82) is 0 Å². The normalized spacial score (nSPS) is 26.8. The minimum absolute atomic E-state index is 0.0705. The predicted molar refractivity (Wildman–Crippen MR) is 160 cm³/mol. The Balaban J connectivity index is 1.37. The van der Waals surface area contributed by atoms with Gasteiger partial charge in [0.25, 0.3) is 5.91 Å². The Morgan fingerprint density at radius 2 is 1.72 bits per heavy atom. The van der Waals surface area contributed by atoms with Gasteiger partial charge < -0.3 is 10.1 Å². The first-order valence-corrected chi connectivity index (χ1v) is 15.5. The van der Waals surface area contributed by atoms with Crippen LogP contribution in [0.25, 0.3) is 0 Å². The van der Waals surface area contributed by atoms with Crippen molar-refractivity contribution in [1.82, 2.24) is 10.2 Å². The average molecular weight is 529 g/mol. The van der Waals surface area contributed by atoms with Crippen molar-refractivity contribution in [2.24, 2.45) is 11.8 Å². The second kappa shape index (κ2) is 13.2. The van der Waals surface area contributed by atoms with Crippen molar-refractivity contribution in [3.8, 4) is 5.75 Å². The minimum atomic E-state index is 0.0705. The van der Waals surface area contributed by atoms with E-state index >= 15 is 0 Å². The Morgan fingerprint density at radius 1 is 0.974 bits per heavy atom. The Hall–Kier alpha value is -2.59. The van der Waals surface area contributed by atoms with Crippen LogP contribution < -0.4 is 10.1 Å². The third kappa shape index (κ3) is 6.60. The molecule has 2 bridgehead atoms. The smallest absolute Gasteiger partial charge is 0.251 e. The van der Waals surface area contributed by atoms with Gasteiger partial charge in [-0.25, -0.2) is 0 Å². The summed E-state index contributed by atoms with van der Waals surface area (Å²) in [5, 5.41) is 3.31. The highest BCUT2D eigenvalue weighted by Gasteiger charge is 2.42. The number of methoxy groups -OCH3 is 1. The zero-order chi connectivity index (χ0) is 27.2. The van der Waals surface area contributed by atoms with E-state index in [2.05, 4.69) is 60.1 Å². The van der Waals surface area contributed by atoms with Crippen molar-refractivity contribution >= 4 is 5.91 Å². The lowest BCUT2D eigenvalue weighted by molar-refractivity contribution is -0.0216. The number of carbonyl (C=O) groups excluding carboxylic acids is 1. The minimum Gasteiger partial charge on any atom is -0.497 e. The van der Waals surface area contributed by atoms with E-state index in [4.69, 9.17) is 4.74 Å². The maximum atomic E-state index is 13.1. The van der Waals surface area contributed by atoms with Crippen LogP contribution in [-0.2, 0) is 0 Å². The van der Waals surface area contributed by atoms with Gasteiger partial charge in [0.05, 0.1) is 7.11 Å². The summed E-state index contributed by atoms with van der Waals surface area (Å²) < 4.78 is 5.62. The fourth-order valence-electron chi connectivity index (χ4n) is 7.78. The topological polar surface area (TPSA) is 41.6 Å². The van der Waals surface area contributed by atoms with Crippen LogP contribution in [0.2, 0.25) is 0 Å². The van der Waals surface area contributed by atoms with Gasteiger partial charge in [0.1, 0.15) is 5.75 Å². The predicted octanol–water partition coefficient (Wildman–Crippen LogP) is 7.73. The number of nitrogens with one attached hydrogen (secondary N) is 1. The molecule has 1 amide bonds. The monoisotopic (exact) mass is 528 g/mol. The first-order chi connectivity index (χ1) is 19.1. The molecule has 0 aromatic heterocycles. The Labute approximate surface area is 236 Å². The van der Waals surface area contributed by atoms with Gasteiger partial charge in [-0.2, -0.15) is 0 Å². The number of rotatable bonds is 9. The van der Waals surface area contributed by atoms with Gasteiger partial charge in [0.15, 0.2) is 0 Å². The summed E-state index contributed by atoms with van der Waals surface area (Å²) in [5.74, 6) is 2.66. The van der Waals surface area contributed by atoms with Crippen molar-refractivity contribution in [3.63, 3.8) is 0 Å². The maximum Gasteiger partial charge on any atom is 0.251 e. The summed E-state index contributed by atoms with van der Waals surface area (Å²) >= 11 is 0. The van der Waals surface area contributed by atoms with Crippen molar-refractivity contribution in [3.05, 3.63) is 77.9 Å². The first kappa shape index (κ1) is 28.0. The number of hydrogen-bond donors (Lipinski definition) is 1. The lowest BCUT2D eigenvalue weighted by atomic mass is 9.69. The number of amides is 1. The third-order valence-electron chi connectivity index (χ3n) is 9.94. The summed E-state index contributed by atoms with van der Waals surface area (Å²) in [4.78, 5) is 15.8. The molecule has 1 saturated carbocycles. The van der Waals surface area contributed by atoms with Gasteiger partial charge in [-0.3, -0.25) is 9.69 Å². The molecule has 5 unspecified atom stereocenters. The third-order valence-corrected chi connectivity index (χ3v) is 9.94. The molecule has 4 nitrogen and oxygen atoms in total. The molecule has 0 spiro atoms. The highest BCUT2D eigenvalue weighted by Crippen LogP contribution is 2.45.